The van der Waals surface area contributed by atoms with Gasteiger partial charge < -0.3 is 14.2 Å². The molecule has 0 amide bonds. The maximum atomic E-state index is 5.64. The molecule has 3 rings (SSSR count). The summed E-state index contributed by atoms with van der Waals surface area (Å²) in [5, 5.41) is 7.10. The summed E-state index contributed by atoms with van der Waals surface area (Å²) >= 11 is 0. The van der Waals surface area contributed by atoms with E-state index in [4.69, 9.17) is 14.2 Å². The number of aromatic amines is 1. The number of nitrogens with one attached hydrogen (secondary N) is 1. The molecule has 0 saturated carbocycles. The first-order valence-corrected chi connectivity index (χ1v) is 7.34. The lowest BCUT2D eigenvalue weighted by Gasteiger charge is -2.35. The van der Waals surface area contributed by atoms with Crippen LogP contribution in [0.2, 0.25) is 0 Å². The number of H-pyrrole nitrogens is 1. The van der Waals surface area contributed by atoms with E-state index in [0.717, 1.165) is 42.5 Å². The standard InChI is InChI=1S/C16H21N3O3/c1-20-15-4-3-5-16(21-2)12(15)10-19-8-9-22-11-14(19)13-6-7-17-18-13/h3-7,14H,8-11H2,1-2H3,(H,17,18)/t14-/m0/s1. The molecule has 0 bridgehead atoms. The topological polar surface area (TPSA) is 59.6 Å². The Kier molecular flexibility index (Phi) is 4.60. The normalized spacial score (nSPS) is 19.1. The summed E-state index contributed by atoms with van der Waals surface area (Å²) < 4.78 is 16.6. The molecule has 0 unspecified atom stereocenters. The second-order valence-electron chi connectivity index (χ2n) is 5.21. The Morgan fingerprint density at radius 1 is 1.27 bits per heavy atom. The van der Waals surface area contributed by atoms with Crippen LogP contribution < -0.4 is 9.47 Å². The molecule has 6 heteroatoms. The number of ether oxygens (including phenoxy) is 3. The van der Waals surface area contributed by atoms with Crippen LogP contribution in [-0.2, 0) is 11.3 Å². The van der Waals surface area contributed by atoms with Crippen molar-refractivity contribution in [2.45, 2.75) is 12.6 Å². The zero-order valence-electron chi connectivity index (χ0n) is 12.9. The summed E-state index contributed by atoms with van der Waals surface area (Å²) in [6.45, 7) is 2.97. The minimum absolute atomic E-state index is 0.158. The Labute approximate surface area is 130 Å². The fraction of sp³-hybridized carbons (Fsp3) is 0.438. The maximum Gasteiger partial charge on any atom is 0.127 e. The Morgan fingerprint density at radius 2 is 2.05 bits per heavy atom. The second-order valence-corrected chi connectivity index (χ2v) is 5.21. The van der Waals surface area contributed by atoms with Crippen molar-refractivity contribution in [1.29, 1.82) is 0 Å². The quantitative estimate of drug-likeness (QED) is 0.915. The minimum Gasteiger partial charge on any atom is -0.496 e. The molecule has 22 heavy (non-hydrogen) atoms. The third kappa shape index (κ3) is 2.93. The van der Waals surface area contributed by atoms with Gasteiger partial charge in [-0.3, -0.25) is 10.00 Å². The zero-order valence-corrected chi connectivity index (χ0v) is 12.9. The Morgan fingerprint density at radius 3 is 2.68 bits per heavy atom. The minimum atomic E-state index is 0.158. The van der Waals surface area contributed by atoms with Crippen LogP contribution >= 0.6 is 0 Å². The van der Waals surface area contributed by atoms with Crippen LogP contribution in [0.4, 0.5) is 0 Å². The third-order valence-electron chi connectivity index (χ3n) is 4.01. The maximum absolute atomic E-state index is 5.64. The molecule has 0 spiro atoms. The highest BCUT2D eigenvalue weighted by molar-refractivity contribution is 5.44. The summed E-state index contributed by atoms with van der Waals surface area (Å²) in [6, 6.07) is 8.01. The molecule has 1 fully saturated rings. The summed E-state index contributed by atoms with van der Waals surface area (Å²) in [5.74, 6) is 1.68. The van der Waals surface area contributed by atoms with Gasteiger partial charge in [-0.05, 0) is 18.2 Å². The van der Waals surface area contributed by atoms with Gasteiger partial charge in [0.1, 0.15) is 11.5 Å². The third-order valence-corrected chi connectivity index (χ3v) is 4.01. The lowest BCUT2D eigenvalue weighted by Crippen LogP contribution is -2.39. The number of hydrogen-bond acceptors (Lipinski definition) is 5. The number of morpholine rings is 1. The SMILES string of the molecule is COc1cccc(OC)c1CN1CCOC[C@H]1c1ccn[nH]1. The van der Waals surface area contributed by atoms with E-state index in [-0.39, 0.29) is 6.04 Å². The van der Waals surface area contributed by atoms with Crippen LogP contribution in [-0.4, -0.2) is 49.1 Å². The van der Waals surface area contributed by atoms with Gasteiger partial charge in [0.15, 0.2) is 0 Å². The van der Waals surface area contributed by atoms with Gasteiger partial charge in [0.25, 0.3) is 0 Å². The smallest absolute Gasteiger partial charge is 0.127 e. The van der Waals surface area contributed by atoms with E-state index in [0.29, 0.717) is 6.61 Å². The first-order chi connectivity index (χ1) is 10.8. The van der Waals surface area contributed by atoms with Gasteiger partial charge in [-0.15, -0.1) is 0 Å². The number of hydrogen-bond donors (Lipinski definition) is 1. The Hall–Kier alpha value is -2.05. The molecule has 1 aromatic heterocycles. The summed E-state index contributed by atoms with van der Waals surface area (Å²) in [7, 11) is 3.37. The van der Waals surface area contributed by atoms with Crippen LogP contribution in [0.25, 0.3) is 0 Å². The van der Waals surface area contributed by atoms with Crippen molar-refractivity contribution < 1.29 is 14.2 Å². The van der Waals surface area contributed by atoms with E-state index in [1.165, 1.54) is 0 Å². The van der Waals surface area contributed by atoms with Gasteiger partial charge in [-0.2, -0.15) is 5.10 Å². The summed E-state index contributed by atoms with van der Waals surface area (Å²) in [5.41, 5.74) is 2.12. The van der Waals surface area contributed by atoms with Crippen LogP contribution in [0.1, 0.15) is 17.3 Å². The highest BCUT2D eigenvalue weighted by atomic mass is 16.5. The van der Waals surface area contributed by atoms with E-state index < -0.39 is 0 Å². The van der Waals surface area contributed by atoms with Gasteiger partial charge >= 0.3 is 0 Å². The van der Waals surface area contributed by atoms with Crippen molar-refractivity contribution in [1.82, 2.24) is 15.1 Å². The van der Waals surface area contributed by atoms with Crippen LogP contribution in [0.15, 0.2) is 30.5 Å². The van der Waals surface area contributed by atoms with Crippen LogP contribution in [0.3, 0.4) is 0 Å². The molecule has 1 aliphatic rings. The number of benzene rings is 1. The molecule has 6 nitrogen and oxygen atoms in total. The molecule has 2 heterocycles. The molecule has 1 N–H and O–H groups in total. The van der Waals surface area contributed by atoms with Crippen molar-refractivity contribution in [2.24, 2.45) is 0 Å². The number of methoxy groups -OCH3 is 2. The van der Waals surface area contributed by atoms with E-state index >= 15 is 0 Å². The molecule has 118 valence electrons. The van der Waals surface area contributed by atoms with E-state index in [2.05, 4.69) is 15.1 Å². The molecule has 1 saturated heterocycles. The lowest BCUT2D eigenvalue weighted by molar-refractivity contribution is -0.0148. The van der Waals surface area contributed by atoms with Gasteiger partial charge in [-0.1, -0.05) is 6.07 Å². The molecule has 0 radical (unpaired) electrons. The van der Waals surface area contributed by atoms with E-state index in [9.17, 15) is 0 Å². The number of nitrogens with zero attached hydrogens (tertiary/aromatic N) is 2. The van der Waals surface area contributed by atoms with Gasteiger partial charge in [0, 0.05) is 19.3 Å². The van der Waals surface area contributed by atoms with Crippen molar-refractivity contribution in [3.63, 3.8) is 0 Å². The monoisotopic (exact) mass is 303 g/mol. The van der Waals surface area contributed by atoms with E-state index in [1.807, 2.05) is 24.3 Å². The largest absolute Gasteiger partial charge is 0.496 e. The molecule has 1 aliphatic heterocycles. The van der Waals surface area contributed by atoms with Gasteiger partial charge in [-0.25, -0.2) is 0 Å². The van der Waals surface area contributed by atoms with E-state index in [1.54, 1.807) is 20.4 Å². The highest BCUT2D eigenvalue weighted by Gasteiger charge is 2.27. The number of aromatic nitrogens is 2. The fourth-order valence-corrected chi connectivity index (χ4v) is 2.85. The lowest BCUT2D eigenvalue weighted by atomic mass is 10.1. The Bertz CT molecular complexity index is 578. The molecule has 2 aromatic rings. The number of rotatable bonds is 5. The van der Waals surface area contributed by atoms with Gasteiger partial charge in [0.05, 0.1) is 44.7 Å². The van der Waals surface area contributed by atoms with Crippen molar-refractivity contribution in [2.75, 3.05) is 34.0 Å². The fourth-order valence-electron chi connectivity index (χ4n) is 2.85. The van der Waals surface area contributed by atoms with Crippen molar-refractivity contribution in [3.8, 4) is 11.5 Å². The first-order valence-electron chi connectivity index (χ1n) is 7.34. The highest BCUT2D eigenvalue weighted by Crippen LogP contribution is 2.33. The predicted octanol–water partition coefficient (Wildman–Crippen LogP) is 2.00. The molecular weight excluding hydrogens is 282 g/mol. The molecular formula is C16H21N3O3. The zero-order chi connectivity index (χ0) is 15.4. The molecule has 1 atom stereocenters. The van der Waals surface area contributed by atoms with Gasteiger partial charge in [0.2, 0.25) is 0 Å². The molecule has 1 aromatic carbocycles. The predicted molar refractivity (Wildman–Crippen MR) is 82.1 cm³/mol. The average Bonchev–Trinajstić information content (AvgIpc) is 3.10. The Balaban J connectivity index is 1.87. The van der Waals surface area contributed by atoms with Crippen LogP contribution in [0.5, 0.6) is 11.5 Å². The summed E-state index contributed by atoms with van der Waals surface area (Å²) in [4.78, 5) is 2.36. The van der Waals surface area contributed by atoms with Crippen molar-refractivity contribution >= 4 is 0 Å². The van der Waals surface area contributed by atoms with Crippen LogP contribution in [0, 0.1) is 0 Å². The summed E-state index contributed by atoms with van der Waals surface area (Å²) in [6.07, 6.45) is 1.77. The average molecular weight is 303 g/mol. The molecule has 0 aliphatic carbocycles. The first kappa shape index (κ1) is 14.9. The second kappa shape index (κ2) is 6.81. The van der Waals surface area contributed by atoms with Crippen molar-refractivity contribution in [3.05, 3.63) is 41.7 Å².